The van der Waals surface area contributed by atoms with Crippen LogP contribution in [0.15, 0.2) is 30.7 Å². The average molecular weight is 409 g/mol. The minimum atomic E-state index is 0.681. The van der Waals surface area contributed by atoms with Gasteiger partial charge in [0.1, 0.15) is 11.4 Å². The lowest BCUT2D eigenvalue weighted by Crippen LogP contribution is -2.44. The van der Waals surface area contributed by atoms with E-state index in [9.17, 15) is 0 Å². The lowest BCUT2D eigenvalue weighted by Gasteiger charge is -2.26. The molecule has 5 rings (SSSR count). The van der Waals surface area contributed by atoms with E-state index in [2.05, 4.69) is 67.2 Å². The highest BCUT2D eigenvalue weighted by atomic mass is 15.5. The van der Waals surface area contributed by atoms with Crippen LogP contribution in [0.25, 0.3) is 16.9 Å². The van der Waals surface area contributed by atoms with Crippen LogP contribution in [-0.4, -0.2) is 56.4 Å². The molecule has 3 aromatic rings. The van der Waals surface area contributed by atoms with Crippen LogP contribution in [0, 0.1) is 5.92 Å². The molecule has 2 aliphatic rings. The van der Waals surface area contributed by atoms with E-state index in [4.69, 9.17) is 0 Å². The van der Waals surface area contributed by atoms with E-state index in [0.29, 0.717) is 12.5 Å². The Balaban J connectivity index is 0.000000503. The second-order valence-electron chi connectivity index (χ2n) is 7.90. The molecule has 10 nitrogen and oxygen atoms in total. The van der Waals surface area contributed by atoms with Crippen molar-refractivity contribution in [3.05, 3.63) is 36.3 Å². The summed E-state index contributed by atoms with van der Waals surface area (Å²) in [6, 6.07) is 3.99. The summed E-state index contributed by atoms with van der Waals surface area (Å²) >= 11 is 0. The summed E-state index contributed by atoms with van der Waals surface area (Å²) in [5, 5.41) is 20.5. The quantitative estimate of drug-likeness (QED) is 0.596. The number of benzene rings is 1. The van der Waals surface area contributed by atoms with Gasteiger partial charge in [0.25, 0.3) is 0 Å². The van der Waals surface area contributed by atoms with Crippen LogP contribution in [0.1, 0.15) is 26.3 Å². The Kier molecular flexibility index (Phi) is 6.15. The molecule has 0 unspecified atom stereocenters. The standard InChI is InChI=1S/C16H18N10.C4H10/c1-2-14(26-20-3-4-21-26)15-12(9-19-23-15)11(1)13-10-18-16(24-22-13)25-7-5-17-6-8-25;1-4(2)3/h1-4,10,17,19,23H,5-9H2;4H,1-3H3. The zero-order chi connectivity index (χ0) is 20.9. The maximum absolute atomic E-state index is 4.53. The highest BCUT2D eigenvalue weighted by Gasteiger charge is 2.22. The second-order valence-corrected chi connectivity index (χ2v) is 7.90. The molecule has 0 bridgehead atoms. The first-order valence-corrected chi connectivity index (χ1v) is 10.3. The second kappa shape index (κ2) is 9.14. The molecule has 0 radical (unpaired) electrons. The Bertz CT molecular complexity index is 944. The van der Waals surface area contributed by atoms with Gasteiger partial charge in [-0.15, -0.1) is 15.0 Å². The van der Waals surface area contributed by atoms with Crippen molar-refractivity contribution in [3.8, 4) is 16.9 Å². The van der Waals surface area contributed by atoms with Gasteiger partial charge in [-0.25, -0.2) is 10.4 Å². The number of hydrogen-bond acceptors (Lipinski definition) is 9. The van der Waals surface area contributed by atoms with Gasteiger partial charge in [-0.1, -0.05) is 20.8 Å². The monoisotopic (exact) mass is 408 g/mol. The van der Waals surface area contributed by atoms with Crippen LogP contribution in [0.2, 0.25) is 0 Å². The van der Waals surface area contributed by atoms with E-state index in [-0.39, 0.29) is 0 Å². The van der Waals surface area contributed by atoms with Crippen molar-refractivity contribution >= 4 is 11.6 Å². The zero-order valence-corrected chi connectivity index (χ0v) is 17.6. The van der Waals surface area contributed by atoms with Gasteiger partial charge in [-0.05, 0) is 18.1 Å². The minimum Gasteiger partial charge on any atom is -0.337 e. The molecular weight excluding hydrogens is 380 g/mol. The average Bonchev–Trinajstić information content (AvgIpc) is 3.46. The van der Waals surface area contributed by atoms with Crippen molar-refractivity contribution in [2.45, 2.75) is 27.3 Å². The summed E-state index contributed by atoms with van der Waals surface area (Å²) < 4.78 is 0. The fourth-order valence-corrected chi connectivity index (χ4v) is 3.33. The van der Waals surface area contributed by atoms with E-state index in [1.54, 1.807) is 23.4 Å². The van der Waals surface area contributed by atoms with Crippen molar-refractivity contribution in [3.63, 3.8) is 0 Å². The van der Waals surface area contributed by atoms with Crippen LogP contribution < -0.4 is 21.1 Å². The van der Waals surface area contributed by atoms with Crippen LogP contribution in [0.3, 0.4) is 0 Å². The van der Waals surface area contributed by atoms with E-state index in [0.717, 1.165) is 60.3 Å². The maximum Gasteiger partial charge on any atom is 0.245 e. The summed E-state index contributed by atoms with van der Waals surface area (Å²) in [5.74, 6) is 1.51. The Morgan fingerprint density at radius 1 is 1.00 bits per heavy atom. The number of nitrogens with zero attached hydrogens (tertiary/aromatic N) is 7. The topological polar surface area (TPSA) is 109 Å². The highest BCUT2D eigenvalue weighted by Crippen LogP contribution is 2.34. The first-order chi connectivity index (χ1) is 14.6. The first kappa shape index (κ1) is 20.2. The van der Waals surface area contributed by atoms with Crippen molar-refractivity contribution in [1.29, 1.82) is 0 Å². The van der Waals surface area contributed by atoms with Crippen LogP contribution >= 0.6 is 0 Å². The maximum atomic E-state index is 4.53. The molecule has 3 N–H and O–H groups in total. The lowest BCUT2D eigenvalue weighted by molar-refractivity contribution is 0.577. The molecule has 2 aromatic heterocycles. The molecule has 2 aliphatic heterocycles. The summed E-state index contributed by atoms with van der Waals surface area (Å²) in [4.78, 5) is 8.27. The molecule has 0 saturated carbocycles. The van der Waals surface area contributed by atoms with Gasteiger partial charge < -0.3 is 15.6 Å². The molecule has 0 aliphatic carbocycles. The summed E-state index contributed by atoms with van der Waals surface area (Å²) in [7, 11) is 0. The predicted octanol–water partition coefficient (Wildman–Crippen LogP) is 1.62. The summed E-state index contributed by atoms with van der Waals surface area (Å²) in [5.41, 5.74) is 11.1. The molecule has 30 heavy (non-hydrogen) atoms. The number of hydrogen-bond donors (Lipinski definition) is 3. The van der Waals surface area contributed by atoms with Crippen molar-refractivity contribution in [2.75, 3.05) is 36.5 Å². The molecule has 1 fully saturated rings. The van der Waals surface area contributed by atoms with E-state index in [1.165, 1.54) is 0 Å². The molecule has 10 heteroatoms. The smallest absolute Gasteiger partial charge is 0.245 e. The molecular formula is C20H28N10. The van der Waals surface area contributed by atoms with Gasteiger partial charge in [0.15, 0.2) is 0 Å². The van der Waals surface area contributed by atoms with Gasteiger partial charge in [-0.2, -0.15) is 10.2 Å². The van der Waals surface area contributed by atoms with Gasteiger partial charge in [0, 0.05) is 43.9 Å². The van der Waals surface area contributed by atoms with Crippen LogP contribution in [-0.2, 0) is 6.54 Å². The van der Waals surface area contributed by atoms with Gasteiger partial charge in [0.05, 0.1) is 24.3 Å². The minimum absolute atomic E-state index is 0.681. The summed E-state index contributed by atoms with van der Waals surface area (Å²) in [6.45, 7) is 10.9. The third kappa shape index (κ3) is 4.39. The predicted molar refractivity (Wildman–Crippen MR) is 116 cm³/mol. The van der Waals surface area contributed by atoms with E-state index in [1.807, 2.05) is 12.1 Å². The van der Waals surface area contributed by atoms with Gasteiger partial charge >= 0.3 is 0 Å². The highest BCUT2D eigenvalue weighted by molar-refractivity contribution is 5.78. The van der Waals surface area contributed by atoms with Crippen molar-refractivity contribution in [1.82, 2.24) is 40.9 Å². The molecule has 0 atom stereocenters. The fourth-order valence-electron chi connectivity index (χ4n) is 3.33. The molecule has 158 valence electrons. The lowest BCUT2D eigenvalue weighted by atomic mass is 10.0. The van der Waals surface area contributed by atoms with Crippen molar-refractivity contribution in [2.24, 2.45) is 5.92 Å². The summed E-state index contributed by atoms with van der Waals surface area (Å²) in [6.07, 6.45) is 5.12. The molecule has 0 spiro atoms. The van der Waals surface area contributed by atoms with Crippen LogP contribution in [0.5, 0.6) is 0 Å². The van der Waals surface area contributed by atoms with E-state index < -0.39 is 0 Å². The third-order valence-corrected chi connectivity index (χ3v) is 4.63. The molecule has 1 aromatic carbocycles. The third-order valence-electron chi connectivity index (χ3n) is 4.63. The number of aromatic nitrogens is 6. The number of piperazine rings is 1. The number of anilines is 2. The molecule has 4 heterocycles. The van der Waals surface area contributed by atoms with E-state index >= 15 is 0 Å². The molecule has 0 amide bonds. The first-order valence-electron chi connectivity index (χ1n) is 10.3. The Hall–Kier alpha value is -3.11. The number of hydrazine groups is 1. The zero-order valence-electron chi connectivity index (χ0n) is 17.6. The fraction of sp³-hybridized carbons (Fsp3) is 0.450. The van der Waals surface area contributed by atoms with Crippen molar-refractivity contribution < 1.29 is 0 Å². The SMILES string of the molecule is CC(C)C.c1cnn(-c2ccc(-c3cnc(N4CCNCC4)nn3)c3c2NNC3)n1. The Morgan fingerprint density at radius 2 is 1.73 bits per heavy atom. The number of rotatable bonds is 3. The van der Waals surface area contributed by atoms with Crippen LogP contribution in [0.4, 0.5) is 11.6 Å². The van der Waals surface area contributed by atoms with Gasteiger partial charge in [-0.3, -0.25) is 0 Å². The molecule has 1 saturated heterocycles. The van der Waals surface area contributed by atoms with Gasteiger partial charge in [0.2, 0.25) is 5.95 Å². The number of fused-ring (bicyclic) bond motifs is 1. The Morgan fingerprint density at radius 3 is 2.40 bits per heavy atom. The largest absolute Gasteiger partial charge is 0.337 e. The normalized spacial score (nSPS) is 15.4. The Labute approximate surface area is 176 Å². The number of nitrogens with one attached hydrogen (secondary N) is 3.